The van der Waals surface area contributed by atoms with Gasteiger partial charge in [-0.25, -0.2) is 4.79 Å². The summed E-state index contributed by atoms with van der Waals surface area (Å²) in [4.78, 5) is 11.8. The molecule has 0 aromatic heterocycles. The van der Waals surface area contributed by atoms with Crippen LogP contribution in [-0.2, 0) is 0 Å². The number of carbonyl (C=O) groups excluding carboxylic acids is 1. The van der Waals surface area contributed by atoms with Crippen molar-refractivity contribution < 1.29 is 14.6 Å². The first-order valence-corrected chi connectivity index (χ1v) is 6.10. The standard InChI is InChI=1S/C15H16N2O3/c1-10-9-12(5-8-14(10)18)17-15(19)16-11-3-6-13(20-2)7-4-11/h3-9,18H,1-2H3,(H2,16,17,19). The van der Waals surface area contributed by atoms with Crippen LogP contribution < -0.4 is 15.4 Å². The van der Waals surface area contributed by atoms with Gasteiger partial charge in [0, 0.05) is 11.4 Å². The van der Waals surface area contributed by atoms with Gasteiger partial charge in [0.2, 0.25) is 0 Å². The molecule has 2 aromatic rings. The van der Waals surface area contributed by atoms with Gasteiger partial charge in [0.1, 0.15) is 11.5 Å². The van der Waals surface area contributed by atoms with Gasteiger partial charge in [0.25, 0.3) is 0 Å². The maximum absolute atomic E-state index is 11.8. The van der Waals surface area contributed by atoms with Gasteiger partial charge in [0.05, 0.1) is 7.11 Å². The molecule has 5 heteroatoms. The summed E-state index contributed by atoms with van der Waals surface area (Å²) in [5, 5.41) is 14.8. The number of aromatic hydroxyl groups is 1. The summed E-state index contributed by atoms with van der Waals surface area (Å²) in [6, 6.07) is 11.6. The Morgan fingerprint density at radius 3 is 2.25 bits per heavy atom. The monoisotopic (exact) mass is 272 g/mol. The van der Waals surface area contributed by atoms with Crippen LogP contribution in [0.1, 0.15) is 5.56 Å². The average Bonchev–Trinajstić information content (AvgIpc) is 2.44. The van der Waals surface area contributed by atoms with E-state index in [-0.39, 0.29) is 11.8 Å². The zero-order valence-electron chi connectivity index (χ0n) is 11.3. The summed E-state index contributed by atoms with van der Waals surface area (Å²) in [6.45, 7) is 1.77. The number of nitrogens with one attached hydrogen (secondary N) is 2. The first kappa shape index (κ1) is 13.7. The van der Waals surface area contributed by atoms with Crippen molar-refractivity contribution in [2.45, 2.75) is 6.92 Å². The Balaban J connectivity index is 1.99. The number of anilines is 2. The normalized spacial score (nSPS) is 9.90. The van der Waals surface area contributed by atoms with Gasteiger partial charge in [0.15, 0.2) is 0 Å². The van der Waals surface area contributed by atoms with Crippen molar-refractivity contribution in [3.8, 4) is 11.5 Å². The van der Waals surface area contributed by atoms with E-state index in [1.807, 2.05) is 0 Å². The van der Waals surface area contributed by atoms with Crippen LogP contribution in [0.4, 0.5) is 16.2 Å². The molecular formula is C15H16N2O3. The summed E-state index contributed by atoms with van der Waals surface area (Å²) in [5.41, 5.74) is 1.98. The van der Waals surface area contributed by atoms with E-state index >= 15 is 0 Å². The summed E-state index contributed by atoms with van der Waals surface area (Å²) < 4.78 is 5.04. The molecule has 2 aromatic carbocycles. The number of carbonyl (C=O) groups is 1. The predicted octanol–water partition coefficient (Wildman–Crippen LogP) is 3.35. The van der Waals surface area contributed by atoms with Crippen molar-refractivity contribution in [3.05, 3.63) is 48.0 Å². The highest BCUT2D eigenvalue weighted by molar-refractivity contribution is 5.99. The largest absolute Gasteiger partial charge is 0.508 e. The SMILES string of the molecule is COc1ccc(NC(=O)Nc2ccc(O)c(C)c2)cc1. The number of hydrogen-bond donors (Lipinski definition) is 3. The van der Waals surface area contributed by atoms with Crippen LogP contribution in [0.2, 0.25) is 0 Å². The first-order valence-electron chi connectivity index (χ1n) is 6.10. The van der Waals surface area contributed by atoms with E-state index < -0.39 is 0 Å². The molecule has 0 fully saturated rings. The Hall–Kier alpha value is -2.69. The van der Waals surface area contributed by atoms with E-state index in [4.69, 9.17) is 4.74 Å². The third kappa shape index (κ3) is 3.41. The lowest BCUT2D eigenvalue weighted by molar-refractivity contribution is 0.262. The van der Waals surface area contributed by atoms with E-state index in [2.05, 4.69) is 10.6 Å². The molecule has 0 heterocycles. The second kappa shape index (κ2) is 5.97. The number of amides is 2. The first-order chi connectivity index (χ1) is 9.58. The lowest BCUT2D eigenvalue weighted by atomic mass is 10.2. The Morgan fingerprint density at radius 1 is 1.05 bits per heavy atom. The zero-order chi connectivity index (χ0) is 14.5. The minimum absolute atomic E-state index is 0.200. The predicted molar refractivity (Wildman–Crippen MR) is 78.5 cm³/mol. The van der Waals surface area contributed by atoms with Crippen LogP contribution in [0.3, 0.4) is 0 Å². The number of benzene rings is 2. The molecule has 20 heavy (non-hydrogen) atoms. The molecule has 2 rings (SSSR count). The van der Waals surface area contributed by atoms with Gasteiger partial charge in [-0.15, -0.1) is 0 Å². The van der Waals surface area contributed by atoms with E-state index in [0.717, 1.165) is 5.75 Å². The van der Waals surface area contributed by atoms with Crippen LogP contribution in [-0.4, -0.2) is 18.2 Å². The Kier molecular flexibility index (Phi) is 4.10. The van der Waals surface area contributed by atoms with E-state index in [9.17, 15) is 9.90 Å². The molecule has 0 aliphatic carbocycles. The van der Waals surface area contributed by atoms with Crippen molar-refractivity contribution in [2.75, 3.05) is 17.7 Å². The molecule has 2 amide bonds. The maximum atomic E-state index is 11.8. The van der Waals surface area contributed by atoms with Gasteiger partial charge in [-0.1, -0.05) is 0 Å². The fourth-order valence-corrected chi connectivity index (χ4v) is 1.70. The van der Waals surface area contributed by atoms with E-state index in [0.29, 0.717) is 16.9 Å². The molecule has 5 nitrogen and oxygen atoms in total. The molecule has 0 unspecified atom stereocenters. The van der Waals surface area contributed by atoms with Crippen LogP contribution in [0.25, 0.3) is 0 Å². The van der Waals surface area contributed by atoms with Gasteiger partial charge >= 0.3 is 6.03 Å². The highest BCUT2D eigenvalue weighted by Gasteiger charge is 2.04. The number of aryl methyl sites for hydroxylation is 1. The molecule has 0 aliphatic heterocycles. The second-order valence-electron chi connectivity index (χ2n) is 4.31. The average molecular weight is 272 g/mol. The van der Waals surface area contributed by atoms with Gasteiger partial charge in [-0.2, -0.15) is 0 Å². The second-order valence-corrected chi connectivity index (χ2v) is 4.31. The van der Waals surface area contributed by atoms with E-state index in [1.54, 1.807) is 56.5 Å². The number of rotatable bonds is 3. The molecule has 0 radical (unpaired) electrons. The molecule has 0 bridgehead atoms. The van der Waals surface area contributed by atoms with Crippen LogP contribution in [0.5, 0.6) is 11.5 Å². The van der Waals surface area contributed by atoms with Crippen LogP contribution in [0, 0.1) is 6.92 Å². The van der Waals surface area contributed by atoms with Crippen molar-refractivity contribution in [1.29, 1.82) is 0 Å². The Morgan fingerprint density at radius 2 is 1.65 bits per heavy atom. The van der Waals surface area contributed by atoms with E-state index in [1.165, 1.54) is 0 Å². The van der Waals surface area contributed by atoms with Gasteiger partial charge in [-0.3, -0.25) is 0 Å². The summed E-state index contributed by atoms with van der Waals surface area (Å²) >= 11 is 0. The van der Waals surface area contributed by atoms with Crippen molar-refractivity contribution >= 4 is 17.4 Å². The third-order valence-electron chi connectivity index (χ3n) is 2.80. The summed E-state index contributed by atoms with van der Waals surface area (Å²) in [7, 11) is 1.59. The molecular weight excluding hydrogens is 256 g/mol. The quantitative estimate of drug-likeness (QED) is 0.750. The summed E-state index contributed by atoms with van der Waals surface area (Å²) in [6.07, 6.45) is 0. The van der Waals surface area contributed by atoms with Crippen molar-refractivity contribution in [1.82, 2.24) is 0 Å². The van der Waals surface area contributed by atoms with Gasteiger partial charge in [-0.05, 0) is 55.0 Å². The molecule has 0 spiro atoms. The molecule has 104 valence electrons. The minimum Gasteiger partial charge on any atom is -0.508 e. The number of methoxy groups -OCH3 is 1. The lowest BCUT2D eigenvalue weighted by Gasteiger charge is -2.09. The van der Waals surface area contributed by atoms with Crippen molar-refractivity contribution in [2.24, 2.45) is 0 Å². The smallest absolute Gasteiger partial charge is 0.323 e. The van der Waals surface area contributed by atoms with Gasteiger partial charge < -0.3 is 20.5 Å². The number of phenolic OH excluding ortho intramolecular Hbond substituents is 1. The fraction of sp³-hybridized carbons (Fsp3) is 0.133. The third-order valence-corrected chi connectivity index (χ3v) is 2.80. The zero-order valence-corrected chi connectivity index (χ0v) is 11.3. The number of hydrogen-bond acceptors (Lipinski definition) is 3. The molecule has 0 aliphatic rings. The summed E-state index contributed by atoms with van der Waals surface area (Å²) in [5.74, 6) is 0.927. The van der Waals surface area contributed by atoms with Crippen LogP contribution >= 0.6 is 0 Å². The molecule has 3 N–H and O–H groups in total. The molecule has 0 atom stereocenters. The number of phenols is 1. The van der Waals surface area contributed by atoms with Crippen LogP contribution in [0.15, 0.2) is 42.5 Å². The minimum atomic E-state index is -0.347. The lowest BCUT2D eigenvalue weighted by Crippen LogP contribution is -2.19. The highest BCUT2D eigenvalue weighted by atomic mass is 16.5. The highest BCUT2D eigenvalue weighted by Crippen LogP contribution is 2.20. The Bertz CT molecular complexity index is 609. The fourth-order valence-electron chi connectivity index (χ4n) is 1.70. The number of urea groups is 1. The van der Waals surface area contributed by atoms with Crippen molar-refractivity contribution in [3.63, 3.8) is 0 Å². The Labute approximate surface area is 117 Å². The molecule has 0 saturated carbocycles. The molecule has 0 saturated heterocycles. The number of ether oxygens (including phenoxy) is 1. The topological polar surface area (TPSA) is 70.6 Å². The maximum Gasteiger partial charge on any atom is 0.323 e.